The number of carboxylic acids is 1. The monoisotopic (exact) mass is 316 g/mol. The molecule has 1 aromatic rings. The van der Waals surface area contributed by atoms with E-state index in [1.807, 2.05) is 0 Å². The molecular formula is C17H20N2O4. The molecule has 1 atom stereocenters. The van der Waals surface area contributed by atoms with Gasteiger partial charge in [-0.25, -0.2) is 0 Å². The third-order valence-corrected chi connectivity index (χ3v) is 4.92. The molecule has 0 bridgehead atoms. The first kappa shape index (κ1) is 15.5. The average molecular weight is 316 g/mol. The molecule has 2 fully saturated rings. The highest BCUT2D eigenvalue weighted by Gasteiger charge is 2.58. The van der Waals surface area contributed by atoms with Crippen LogP contribution in [0.25, 0.3) is 0 Å². The smallest absolute Gasteiger partial charge is 0.322 e. The minimum absolute atomic E-state index is 0.0648. The van der Waals surface area contributed by atoms with E-state index in [1.54, 1.807) is 24.3 Å². The Hall–Kier alpha value is -2.37. The normalized spacial score (nSPS) is 21.0. The number of hydrogen-bond acceptors (Lipinski definition) is 3. The molecule has 2 saturated carbocycles. The molecule has 6 nitrogen and oxygen atoms in total. The van der Waals surface area contributed by atoms with Crippen LogP contribution in [0.1, 0.15) is 42.5 Å². The second-order valence-corrected chi connectivity index (χ2v) is 6.47. The summed E-state index contributed by atoms with van der Waals surface area (Å²) >= 11 is 0. The van der Waals surface area contributed by atoms with Gasteiger partial charge in [0.2, 0.25) is 5.91 Å². The molecule has 2 aliphatic rings. The van der Waals surface area contributed by atoms with Crippen LogP contribution in [-0.4, -0.2) is 29.4 Å². The fourth-order valence-electron chi connectivity index (χ4n) is 3.54. The van der Waals surface area contributed by atoms with Crippen molar-refractivity contribution in [2.24, 2.45) is 11.3 Å². The Bertz CT molecular complexity index is 632. The molecule has 3 rings (SSSR count). The SMILES string of the molecule is O=C(O)CNC(=O)c1ccc(NC(=O)C2CC23CCCC3)cc1. The van der Waals surface area contributed by atoms with Crippen LogP contribution < -0.4 is 10.6 Å². The summed E-state index contributed by atoms with van der Waals surface area (Å²) in [5.41, 5.74) is 1.29. The number of anilines is 1. The fraction of sp³-hybridized carbons (Fsp3) is 0.471. The van der Waals surface area contributed by atoms with Crippen molar-refractivity contribution in [3.8, 4) is 0 Å². The van der Waals surface area contributed by atoms with E-state index >= 15 is 0 Å². The van der Waals surface area contributed by atoms with Crippen LogP contribution in [0, 0.1) is 11.3 Å². The van der Waals surface area contributed by atoms with E-state index in [4.69, 9.17) is 5.11 Å². The number of carboxylic acid groups (broad SMARTS) is 1. The highest BCUT2D eigenvalue weighted by molar-refractivity contribution is 5.98. The third kappa shape index (κ3) is 3.36. The number of rotatable bonds is 5. The maximum atomic E-state index is 12.3. The predicted molar refractivity (Wildman–Crippen MR) is 84.0 cm³/mol. The average Bonchev–Trinajstić information content (AvgIpc) is 3.03. The van der Waals surface area contributed by atoms with Gasteiger partial charge in [0.25, 0.3) is 5.91 Å². The van der Waals surface area contributed by atoms with Crippen LogP contribution in [0.5, 0.6) is 0 Å². The predicted octanol–water partition coefficient (Wildman–Crippen LogP) is 2.02. The van der Waals surface area contributed by atoms with Gasteiger partial charge in [0.1, 0.15) is 6.54 Å². The Labute approximate surface area is 134 Å². The third-order valence-electron chi connectivity index (χ3n) is 4.92. The van der Waals surface area contributed by atoms with Gasteiger partial charge in [-0.1, -0.05) is 12.8 Å². The van der Waals surface area contributed by atoms with Gasteiger partial charge >= 0.3 is 5.97 Å². The number of carbonyl (C=O) groups excluding carboxylic acids is 2. The molecule has 0 aliphatic heterocycles. The van der Waals surface area contributed by atoms with Gasteiger partial charge in [0.15, 0.2) is 0 Å². The van der Waals surface area contributed by atoms with Crippen molar-refractivity contribution in [3.05, 3.63) is 29.8 Å². The minimum Gasteiger partial charge on any atom is -0.480 e. The fourth-order valence-corrected chi connectivity index (χ4v) is 3.54. The molecule has 0 heterocycles. The summed E-state index contributed by atoms with van der Waals surface area (Å²) in [7, 11) is 0. The van der Waals surface area contributed by atoms with Gasteiger partial charge in [0.05, 0.1) is 0 Å². The Kier molecular flexibility index (Phi) is 4.07. The Morgan fingerprint density at radius 2 is 1.78 bits per heavy atom. The number of carbonyl (C=O) groups is 3. The molecule has 2 aliphatic carbocycles. The first-order valence-corrected chi connectivity index (χ1v) is 7.91. The molecule has 1 aromatic carbocycles. The Balaban J connectivity index is 1.54. The second kappa shape index (κ2) is 6.02. The molecule has 0 saturated heterocycles. The Morgan fingerprint density at radius 1 is 1.13 bits per heavy atom. The van der Waals surface area contributed by atoms with Gasteiger partial charge in [-0.3, -0.25) is 14.4 Å². The number of benzene rings is 1. The van der Waals surface area contributed by atoms with E-state index in [9.17, 15) is 14.4 Å². The summed E-state index contributed by atoms with van der Waals surface area (Å²) in [4.78, 5) is 34.4. The van der Waals surface area contributed by atoms with Crippen molar-refractivity contribution in [1.82, 2.24) is 5.32 Å². The molecule has 23 heavy (non-hydrogen) atoms. The molecule has 1 spiro atoms. The molecule has 122 valence electrons. The first-order chi connectivity index (χ1) is 11.0. The standard InChI is InChI=1S/C17H20N2O4/c20-14(21)10-18-15(22)11-3-5-12(6-4-11)19-16(23)13-9-17(13)7-1-2-8-17/h3-6,13H,1-2,7-10H2,(H,18,22)(H,19,23)(H,20,21). The first-order valence-electron chi connectivity index (χ1n) is 7.91. The van der Waals surface area contributed by atoms with Gasteiger partial charge in [-0.2, -0.15) is 0 Å². The summed E-state index contributed by atoms with van der Waals surface area (Å²) in [6, 6.07) is 6.48. The molecule has 0 aromatic heterocycles. The van der Waals surface area contributed by atoms with E-state index < -0.39 is 18.4 Å². The van der Waals surface area contributed by atoms with Gasteiger partial charge in [-0.15, -0.1) is 0 Å². The number of hydrogen-bond donors (Lipinski definition) is 3. The van der Waals surface area contributed by atoms with E-state index in [2.05, 4.69) is 10.6 Å². The zero-order valence-corrected chi connectivity index (χ0v) is 12.8. The zero-order chi connectivity index (χ0) is 16.4. The lowest BCUT2D eigenvalue weighted by Gasteiger charge is -2.09. The Morgan fingerprint density at radius 3 is 2.39 bits per heavy atom. The van der Waals surface area contributed by atoms with E-state index in [0.29, 0.717) is 11.3 Å². The van der Waals surface area contributed by atoms with E-state index in [0.717, 1.165) is 19.3 Å². The van der Waals surface area contributed by atoms with E-state index in [-0.39, 0.29) is 17.2 Å². The molecule has 0 radical (unpaired) electrons. The molecular weight excluding hydrogens is 296 g/mol. The maximum absolute atomic E-state index is 12.3. The summed E-state index contributed by atoms with van der Waals surface area (Å²) < 4.78 is 0. The van der Waals surface area contributed by atoms with Gasteiger partial charge in [-0.05, 0) is 48.9 Å². The van der Waals surface area contributed by atoms with Crippen molar-refractivity contribution in [2.75, 3.05) is 11.9 Å². The highest BCUT2D eigenvalue weighted by atomic mass is 16.4. The van der Waals surface area contributed by atoms with Crippen LogP contribution in [0.15, 0.2) is 24.3 Å². The van der Waals surface area contributed by atoms with Crippen molar-refractivity contribution >= 4 is 23.5 Å². The van der Waals surface area contributed by atoms with Gasteiger partial charge < -0.3 is 15.7 Å². The van der Waals surface area contributed by atoms with Crippen LogP contribution in [0.4, 0.5) is 5.69 Å². The maximum Gasteiger partial charge on any atom is 0.322 e. The second-order valence-electron chi connectivity index (χ2n) is 6.47. The van der Waals surface area contributed by atoms with Crippen molar-refractivity contribution < 1.29 is 19.5 Å². The molecule has 2 amide bonds. The molecule has 6 heteroatoms. The number of amides is 2. The largest absolute Gasteiger partial charge is 0.480 e. The number of aliphatic carboxylic acids is 1. The highest BCUT2D eigenvalue weighted by Crippen LogP contribution is 2.63. The van der Waals surface area contributed by atoms with E-state index in [1.165, 1.54) is 12.8 Å². The quantitative estimate of drug-likeness (QED) is 0.774. The summed E-state index contributed by atoms with van der Waals surface area (Å²) in [6.07, 6.45) is 5.77. The topological polar surface area (TPSA) is 95.5 Å². The lowest BCUT2D eigenvalue weighted by molar-refractivity contribution is -0.135. The molecule has 1 unspecified atom stereocenters. The summed E-state index contributed by atoms with van der Waals surface area (Å²) in [6.45, 7) is -0.416. The summed E-state index contributed by atoms with van der Waals surface area (Å²) in [5.74, 6) is -1.34. The lowest BCUT2D eigenvalue weighted by atomic mass is 10.0. The van der Waals surface area contributed by atoms with Crippen LogP contribution in [0.3, 0.4) is 0 Å². The number of nitrogens with one attached hydrogen (secondary N) is 2. The van der Waals surface area contributed by atoms with Crippen LogP contribution in [-0.2, 0) is 9.59 Å². The molecule has 3 N–H and O–H groups in total. The lowest BCUT2D eigenvalue weighted by Crippen LogP contribution is -2.29. The zero-order valence-electron chi connectivity index (χ0n) is 12.8. The van der Waals surface area contributed by atoms with Crippen molar-refractivity contribution in [3.63, 3.8) is 0 Å². The van der Waals surface area contributed by atoms with Crippen LogP contribution in [0.2, 0.25) is 0 Å². The minimum atomic E-state index is -1.09. The van der Waals surface area contributed by atoms with Crippen LogP contribution >= 0.6 is 0 Å². The summed E-state index contributed by atoms with van der Waals surface area (Å²) in [5, 5.41) is 13.7. The van der Waals surface area contributed by atoms with Crippen molar-refractivity contribution in [2.45, 2.75) is 32.1 Å². The van der Waals surface area contributed by atoms with Gasteiger partial charge in [0, 0.05) is 17.2 Å². The van der Waals surface area contributed by atoms with Crippen molar-refractivity contribution in [1.29, 1.82) is 0 Å².